The molecule has 0 saturated carbocycles. The number of rotatable bonds is 2. The summed E-state index contributed by atoms with van der Waals surface area (Å²) in [4.78, 5) is 25.7. The van der Waals surface area contributed by atoms with Gasteiger partial charge in [-0.1, -0.05) is 78.1 Å². The fourth-order valence-electron chi connectivity index (χ4n) is 3.71. The summed E-state index contributed by atoms with van der Waals surface area (Å²) in [6.07, 6.45) is 0. The zero-order valence-corrected chi connectivity index (χ0v) is 15.7. The normalized spacial score (nSPS) is 18.6. The van der Waals surface area contributed by atoms with Crippen molar-refractivity contribution >= 4 is 38.8 Å². The molecule has 6 heteroatoms. The van der Waals surface area contributed by atoms with Crippen LogP contribution in [-0.2, 0) is 10.5 Å². The number of fused-ring (bicyclic) bond motifs is 2. The van der Waals surface area contributed by atoms with Gasteiger partial charge < -0.3 is 5.32 Å². The molecule has 2 heterocycles. The summed E-state index contributed by atoms with van der Waals surface area (Å²) in [5.41, 5.74) is -2.65. The Kier molecular flexibility index (Phi) is 3.86. The van der Waals surface area contributed by atoms with E-state index < -0.39 is 22.5 Å². The Morgan fingerprint density at radius 2 is 1.52 bits per heavy atom. The quantitative estimate of drug-likeness (QED) is 0.435. The molecule has 1 aliphatic heterocycles. The summed E-state index contributed by atoms with van der Waals surface area (Å²) in [7, 11) is 0. The Morgan fingerprint density at radius 1 is 0.828 bits per heavy atom. The Morgan fingerprint density at radius 3 is 2.28 bits per heavy atom. The van der Waals surface area contributed by atoms with Crippen LogP contribution in [0, 0.1) is 5.13 Å². The molecule has 142 valence electrons. The van der Waals surface area contributed by atoms with E-state index in [-0.39, 0.29) is 21.7 Å². The predicted octanol–water partition coefficient (Wildman–Crippen LogP) is 5.71. The molecule has 0 spiro atoms. The minimum Gasteiger partial charge on any atom is -0.313 e. The van der Waals surface area contributed by atoms with E-state index in [1.807, 2.05) is 30.3 Å². The zero-order chi connectivity index (χ0) is 20.2. The Labute approximate surface area is 168 Å². The summed E-state index contributed by atoms with van der Waals surface area (Å²) in [6.45, 7) is 0. The number of ketones is 1. The largest absolute Gasteiger partial charge is 0.313 e. The molecule has 1 aliphatic rings. The van der Waals surface area contributed by atoms with E-state index in [0.29, 0.717) is 16.9 Å². The first-order valence-corrected chi connectivity index (χ1v) is 9.74. The summed E-state index contributed by atoms with van der Waals surface area (Å²) < 4.78 is 30.8. The lowest BCUT2D eigenvalue weighted by Gasteiger charge is -2.28. The van der Waals surface area contributed by atoms with E-state index in [1.54, 1.807) is 30.3 Å². The number of anilines is 1. The molecule has 1 amide bonds. The summed E-state index contributed by atoms with van der Waals surface area (Å²) in [5, 5.41) is 3.61. The second-order valence-corrected chi connectivity index (χ2v) is 7.80. The maximum Gasteiger partial charge on any atom is 0.275 e. The SMILES string of the molecule is O=C1Nc2sc(F)c(-c3ccc4ccccc4c3)c2C(=O)[C@@]1(F)c1ccccc1. The highest BCUT2D eigenvalue weighted by molar-refractivity contribution is 7.15. The van der Waals surface area contributed by atoms with Gasteiger partial charge in [-0.15, -0.1) is 0 Å². The third-order valence-electron chi connectivity index (χ3n) is 5.15. The van der Waals surface area contributed by atoms with Gasteiger partial charge in [0, 0.05) is 11.1 Å². The number of amides is 1. The van der Waals surface area contributed by atoms with Crippen molar-refractivity contribution in [2.24, 2.45) is 0 Å². The molecule has 3 nitrogen and oxygen atoms in total. The van der Waals surface area contributed by atoms with Crippen LogP contribution in [0.4, 0.5) is 13.8 Å². The van der Waals surface area contributed by atoms with Crippen molar-refractivity contribution < 1.29 is 18.4 Å². The fourth-order valence-corrected chi connectivity index (χ4v) is 4.65. The standard InChI is InChI=1S/C23H13F2NO2S/c24-20-17(15-11-10-13-6-4-5-7-14(13)12-15)18-19(27)23(25,16-8-2-1-3-9-16)22(28)26-21(18)29-20/h1-12H,(H,26,28)/t23-/m0/s1. The van der Waals surface area contributed by atoms with Gasteiger partial charge in [-0.25, -0.2) is 4.39 Å². The summed E-state index contributed by atoms with van der Waals surface area (Å²) in [5.74, 6) is -2.15. The van der Waals surface area contributed by atoms with Crippen LogP contribution in [0.5, 0.6) is 0 Å². The molecule has 0 fully saturated rings. The van der Waals surface area contributed by atoms with Gasteiger partial charge in [0.05, 0.1) is 5.56 Å². The number of benzene rings is 3. The lowest BCUT2D eigenvalue weighted by Crippen LogP contribution is -2.47. The first-order valence-electron chi connectivity index (χ1n) is 8.92. The van der Waals surface area contributed by atoms with Crippen molar-refractivity contribution in [3.05, 3.63) is 89.1 Å². The monoisotopic (exact) mass is 405 g/mol. The highest BCUT2D eigenvalue weighted by Gasteiger charge is 2.54. The molecule has 0 unspecified atom stereocenters. The lowest BCUT2D eigenvalue weighted by atomic mass is 9.83. The summed E-state index contributed by atoms with van der Waals surface area (Å²) in [6, 6.07) is 20.3. The first-order chi connectivity index (χ1) is 14.0. The van der Waals surface area contributed by atoms with Crippen LogP contribution in [0.15, 0.2) is 72.8 Å². The van der Waals surface area contributed by atoms with Crippen molar-refractivity contribution in [3.63, 3.8) is 0 Å². The van der Waals surface area contributed by atoms with E-state index in [4.69, 9.17) is 0 Å². The molecule has 1 aromatic heterocycles. The smallest absolute Gasteiger partial charge is 0.275 e. The molecular formula is C23H13F2NO2S. The number of carbonyl (C=O) groups excluding carboxylic acids is 2. The van der Waals surface area contributed by atoms with E-state index in [2.05, 4.69) is 5.32 Å². The topological polar surface area (TPSA) is 46.2 Å². The van der Waals surface area contributed by atoms with Crippen LogP contribution >= 0.6 is 11.3 Å². The van der Waals surface area contributed by atoms with Gasteiger partial charge in [0.15, 0.2) is 5.13 Å². The number of carbonyl (C=O) groups is 2. The third-order valence-corrected chi connectivity index (χ3v) is 6.05. The summed E-state index contributed by atoms with van der Waals surface area (Å²) >= 11 is 0.634. The van der Waals surface area contributed by atoms with Gasteiger partial charge in [0.25, 0.3) is 11.6 Å². The second-order valence-electron chi connectivity index (χ2n) is 6.82. The fraction of sp³-hybridized carbons (Fsp3) is 0.0435. The zero-order valence-electron chi connectivity index (χ0n) is 14.9. The molecule has 3 aromatic carbocycles. The minimum atomic E-state index is -2.91. The second kappa shape index (κ2) is 6.32. The van der Waals surface area contributed by atoms with Crippen molar-refractivity contribution in [1.82, 2.24) is 0 Å². The Hall–Kier alpha value is -3.38. The van der Waals surface area contributed by atoms with Crippen LogP contribution < -0.4 is 5.32 Å². The van der Waals surface area contributed by atoms with Gasteiger partial charge in [-0.05, 0) is 22.4 Å². The Balaban J connectivity index is 1.72. The molecule has 0 saturated heterocycles. The lowest BCUT2D eigenvalue weighted by molar-refractivity contribution is -0.125. The molecule has 5 rings (SSSR count). The maximum absolute atomic E-state index is 15.8. The molecule has 1 atom stereocenters. The molecule has 0 radical (unpaired) electrons. The average Bonchev–Trinajstić information content (AvgIpc) is 3.08. The van der Waals surface area contributed by atoms with Crippen LogP contribution in [0.2, 0.25) is 0 Å². The molecule has 0 bridgehead atoms. The number of thiophene rings is 1. The number of hydrogen-bond acceptors (Lipinski definition) is 3. The van der Waals surface area contributed by atoms with Gasteiger partial charge >= 0.3 is 0 Å². The number of nitrogens with one attached hydrogen (secondary N) is 1. The van der Waals surface area contributed by atoms with Crippen LogP contribution in [0.1, 0.15) is 15.9 Å². The third kappa shape index (κ3) is 2.53. The molecule has 0 aliphatic carbocycles. The average molecular weight is 405 g/mol. The molecular weight excluding hydrogens is 392 g/mol. The number of halogens is 2. The van der Waals surface area contributed by atoms with Crippen LogP contribution in [-0.4, -0.2) is 11.7 Å². The highest BCUT2D eigenvalue weighted by atomic mass is 32.1. The number of hydrogen-bond donors (Lipinski definition) is 1. The van der Waals surface area contributed by atoms with Gasteiger partial charge in [-0.2, -0.15) is 4.39 Å². The number of alkyl halides is 1. The highest BCUT2D eigenvalue weighted by Crippen LogP contribution is 2.47. The number of Topliss-reactive ketones (excluding diaryl/α,β-unsaturated/α-hetero) is 1. The molecule has 29 heavy (non-hydrogen) atoms. The van der Waals surface area contributed by atoms with Crippen molar-refractivity contribution in [2.45, 2.75) is 5.67 Å². The predicted molar refractivity (Wildman–Crippen MR) is 109 cm³/mol. The van der Waals surface area contributed by atoms with Crippen molar-refractivity contribution in [1.29, 1.82) is 0 Å². The first kappa shape index (κ1) is 17.7. The maximum atomic E-state index is 15.8. The van der Waals surface area contributed by atoms with Crippen molar-refractivity contribution in [2.75, 3.05) is 5.32 Å². The minimum absolute atomic E-state index is 0.0127. The van der Waals surface area contributed by atoms with Crippen LogP contribution in [0.25, 0.3) is 21.9 Å². The van der Waals surface area contributed by atoms with E-state index in [9.17, 15) is 14.0 Å². The van der Waals surface area contributed by atoms with E-state index >= 15 is 4.39 Å². The van der Waals surface area contributed by atoms with Crippen LogP contribution in [0.3, 0.4) is 0 Å². The molecule has 4 aromatic rings. The van der Waals surface area contributed by atoms with Crippen molar-refractivity contribution in [3.8, 4) is 11.1 Å². The van der Waals surface area contributed by atoms with E-state index in [0.717, 1.165) is 10.8 Å². The van der Waals surface area contributed by atoms with Gasteiger partial charge in [0.1, 0.15) is 5.00 Å². The molecule has 1 N–H and O–H groups in total. The van der Waals surface area contributed by atoms with E-state index in [1.165, 1.54) is 12.1 Å². The van der Waals surface area contributed by atoms with Gasteiger partial charge in [0.2, 0.25) is 5.78 Å². The van der Waals surface area contributed by atoms with Gasteiger partial charge in [-0.3, -0.25) is 9.59 Å². The Bertz CT molecular complexity index is 1300.